The van der Waals surface area contributed by atoms with Crippen LogP contribution in [0.3, 0.4) is 0 Å². The van der Waals surface area contributed by atoms with Gasteiger partial charge in [0.05, 0.1) is 0 Å². The molecule has 1 atom stereocenters. The minimum absolute atomic E-state index is 0. The van der Waals surface area contributed by atoms with Crippen LogP contribution in [0, 0.1) is 18.8 Å². The molecule has 0 aliphatic carbocycles. The van der Waals surface area contributed by atoms with E-state index in [4.69, 9.17) is 4.74 Å². The summed E-state index contributed by atoms with van der Waals surface area (Å²) in [7, 11) is 4.01. The first-order chi connectivity index (χ1) is 12.2. The number of nitrogens with one attached hydrogen (secondary N) is 1. The van der Waals surface area contributed by atoms with Crippen molar-refractivity contribution in [3.05, 3.63) is 11.6 Å². The molecule has 3 rings (SSSR count). The van der Waals surface area contributed by atoms with Crippen LogP contribution < -0.4 is 5.32 Å². The molecule has 1 saturated heterocycles. The highest BCUT2D eigenvalue weighted by Crippen LogP contribution is 2.20. The van der Waals surface area contributed by atoms with Gasteiger partial charge < -0.3 is 19.5 Å². The topological polar surface area (TPSA) is 67.6 Å². The molecule has 0 saturated carbocycles. The highest BCUT2D eigenvalue weighted by molar-refractivity contribution is 14.0. The predicted octanol–water partition coefficient (Wildman–Crippen LogP) is 2.09. The monoisotopic (exact) mass is 476 g/mol. The summed E-state index contributed by atoms with van der Waals surface area (Å²) in [6, 6.07) is 0. The average molecular weight is 476 g/mol. The number of rotatable bonds is 5. The van der Waals surface area contributed by atoms with E-state index in [1.807, 2.05) is 14.0 Å². The van der Waals surface area contributed by atoms with Crippen molar-refractivity contribution >= 4 is 29.9 Å². The van der Waals surface area contributed by atoms with Crippen molar-refractivity contribution in [1.82, 2.24) is 25.0 Å². The summed E-state index contributed by atoms with van der Waals surface area (Å²) < 4.78 is 7.71. The summed E-state index contributed by atoms with van der Waals surface area (Å²) in [5, 5.41) is 12.0. The lowest BCUT2D eigenvalue weighted by Crippen LogP contribution is -2.43. The van der Waals surface area contributed by atoms with E-state index in [-0.39, 0.29) is 24.0 Å². The zero-order chi connectivity index (χ0) is 17.6. The van der Waals surface area contributed by atoms with Crippen LogP contribution in [0.5, 0.6) is 0 Å². The Morgan fingerprint density at radius 2 is 2.04 bits per heavy atom. The molecule has 7 nitrogen and oxygen atoms in total. The number of aromatic nitrogens is 3. The van der Waals surface area contributed by atoms with Crippen LogP contribution in [-0.4, -0.2) is 66.0 Å². The fourth-order valence-electron chi connectivity index (χ4n) is 3.83. The molecule has 2 aliphatic rings. The molecule has 1 fully saturated rings. The van der Waals surface area contributed by atoms with E-state index in [1.54, 1.807) is 0 Å². The highest BCUT2D eigenvalue weighted by Gasteiger charge is 2.22. The maximum absolute atomic E-state index is 5.45. The van der Waals surface area contributed by atoms with Gasteiger partial charge in [-0.2, -0.15) is 0 Å². The van der Waals surface area contributed by atoms with Crippen molar-refractivity contribution in [2.75, 3.05) is 40.4 Å². The molecule has 0 bridgehead atoms. The molecule has 26 heavy (non-hydrogen) atoms. The van der Waals surface area contributed by atoms with E-state index in [0.29, 0.717) is 5.92 Å². The molecule has 148 valence electrons. The van der Waals surface area contributed by atoms with E-state index < -0.39 is 0 Å². The summed E-state index contributed by atoms with van der Waals surface area (Å²) in [6.07, 6.45) is 5.79. The van der Waals surface area contributed by atoms with Crippen molar-refractivity contribution in [1.29, 1.82) is 0 Å². The first-order valence-electron chi connectivity index (χ1n) is 9.55. The standard InChI is InChI=1S/C18H32N6O.HI/c1-14-21-22-17-5-4-16(13-24(14)17)12-20-18(19-2)23(3)9-6-15-7-10-25-11-8-15;/h15-16H,4-13H2,1-3H3,(H,19,20);1H. The fraction of sp³-hybridized carbons (Fsp3) is 0.833. The summed E-state index contributed by atoms with van der Waals surface area (Å²) >= 11 is 0. The molecule has 0 radical (unpaired) electrons. The van der Waals surface area contributed by atoms with Crippen LogP contribution in [0.25, 0.3) is 0 Å². The molecule has 1 unspecified atom stereocenters. The van der Waals surface area contributed by atoms with Gasteiger partial charge in [0, 0.05) is 53.4 Å². The number of guanidine groups is 1. The van der Waals surface area contributed by atoms with Gasteiger partial charge in [0.2, 0.25) is 0 Å². The molecule has 1 aromatic rings. The van der Waals surface area contributed by atoms with Gasteiger partial charge in [0.1, 0.15) is 11.6 Å². The Morgan fingerprint density at radius 3 is 2.77 bits per heavy atom. The van der Waals surface area contributed by atoms with Crippen molar-refractivity contribution in [3.8, 4) is 0 Å². The largest absolute Gasteiger partial charge is 0.381 e. The van der Waals surface area contributed by atoms with E-state index in [1.165, 1.54) is 19.3 Å². The lowest BCUT2D eigenvalue weighted by Gasteiger charge is -2.29. The number of aliphatic imine (C=N–C) groups is 1. The third-order valence-corrected chi connectivity index (χ3v) is 5.57. The van der Waals surface area contributed by atoms with Crippen LogP contribution in [0.15, 0.2) is 4.99 Å². The minimum atomic E-state index is 0. The van der Waals surface area contributed by atoms with Gasteiger partial charge in [-0.15, -0.1) is 34.2 Å². The summed E-state index contributed by atoms with van der Waals surface area (Å²) in [5.41, 5.74) is 0. The van der Waals surface area contributed by atoms with Gasteiger partial charge in [-0.3, -0.25) is 4.99 Å². The maximum Gasteiger partial charge on any atom is 0.193 e. The van der Waals surface area contributed by atoms with Gasteiger partial charge in [-0.1, -0.05) is 0 Å². The lowest BCUT2D eigenvalue weighted by atomic mass is 9.96. The third-order valence-electron chi connectivity index (χ3n) is 5.57. The Labute approximate surface area is 174 Å². The number of ether oxygens (including phenoxy) is 1. The number of fused-ring (bicyclic) bond motifs is 1. The average Bonchev–Trinajstić information content (AvgIpc) is 3.02. The van der Waals surface area contributed by atoms with Gasteiger partial charge in [-0.25, -0.2) is 0 Å². The Kier molecular flexibility index (Phi) is 8.59. The predicted molar refractivity (Wildman–Crippen MR) is 114 cm³/mol. The molecule has 8 heteroatoms. The minimum Gasteiger partial charge on any atom is -0.381 e. The Bertz CT molecular complexity index is 584. The summed E-state index contributed by atoms with van der Waals surface area (Å²) in [5.74, 6) is 4.55. The lowest BCUT2D eigenvalue weighted by molar-refractivity contribution is 0.0625. The highest BCUT2D eigenvalue weighted by atomic mass is 127. The number of hydrogen-bond donors (Lipinski definition) is 1. The molecule has 0 spiro atoms. The molecule has 0 aromatic carbocycles. The quantitative estimate of drug-likeness (QED) is 0.401. The van der Waals surface area contributed by atoms with Crippen molar-refractivity contribution in [2.45, 2.75) is 45.6 Å². The summed E-state index contributed by atoms with van der Waals surface area (Å²) in [4.78, 5) is 6.72. The second-order valence-electron chi connectivity index (χ2n) is 7.37. The smallest absolute Gasteiger partial charge is 0.193 e. The summed E-state index contributed by atoms with van der Waals surface area (Å²) in [6.45, 7) is 6.88. The molecule has 1 N–H and O–H groups in total. The van der Waals surface area contributed by atoms with Gasteiger partial charge in [-0.05, 0) is 44.4 Å². The van der Waals surface area contributed by atoms with Crippen molar-refractivity contribution < 1.29 is 4.74 Å². The van der Waals surface area contributed by atoms with Crippen LogP contribution in [-0.2, 0) is 17.7 Å². The van der Waals surface area contributed by atoms with Gasteiger partial charge in [0.15, 0.2) is 5.96 Å². The zero-order valence-corrected chi connectivity index (χ0v) is 18.6. The van der Waals surface area contributed by atoms with Crippen LogP contribution in [0.2, 0.25) is 0 Å². The normalized spacial score (nSPS) is 21.0. The first kappa shape index (κ1) is 21.4. The number of nitrogens with zero attached hydrogens (tertiary/aromatic N) is 5. The second kappa shape index (κ2) is 10.4. The third kappa shape index (κ3) is 5.55. The zero-order valence-electron chi connectivity index (χ0n) is 16.3. The van der Waals surface area contributed by atoms with Gasteiger partial charge in [0.25, 0.3) is 0 Å². The van der Waals surface area contributed by atoms with E-state index >= 15 is 0 Å². The number of hydrogen-bond acceptors (Lipinski definition) is 4. The van der Waals surface area contributed by atoms with Crippen molar-refractivity contribution in [3.63, 3.8) is 0 Å². The molecule has 3 heterocycles. The number of halogens is 1. The molecule has 0 amide bonds. The molecular formula is C18H33IN6O. The van der Waals surface area contributed by atoms with Gasteiger partial charge >= 0.3 is 0 Å². The van der Waals surface area contributed by atoms with E-state index in [2.05, 4.69) is 37.0 Å². The Balaban J connectivity index is 0.00000243. The van der Waals surface area contributed by atoms with Crippen LogP contribution in [0.1, 0.15) is 37.3 Å². The van der Waals surface area contributed by atoms with E-state index in [9.17, 15) is 0 Å². The van der Waals surface area contributed by atoms with E-state index in [0.717, 1.165) is 69.2 Å². The SMILES string of the molecule is CN=C(NCC1CCc2nnc(C)n2C1)N(C)CCC1CCOCC1.I. The molecule has 1 aromatic heterocycles. The first-order valence-corrected chi connectivity index (χ1v) is 9.55. The molecular weight excluding hydrogens is 443 g/mol. The maximum atomic E-state index is 5.45. The molecule has 2 aliphatic heterocycles. The Morgan fingerprint density at radius 1 is 1.27 bits per heavy atom. The second-order valence-corrected chi connectivity index (χ2v) is 7.37. The Hall–Kier alpha value is -0.900. The van der Waals surface area contributed by atoms with Crippen molar-refractivity contribution in [2.24, 2.45) is 16.8 Å². The number of aryl methyl sites for hydroxylation is 2. The van der Waals surface area contributed by atoms with Crippen LogP contribution in [0.4, 0.5) is 0 Å². The fourth-order valence-corrected chi connectivity index (χ4v) is 3.83. The van der Waals surface area contributed by atoms with Crippen LogP contribution >= 0.6 is 24.0 Å².